The van der Waals surface area contributed by atoms with Crippen molar-refractivity contribution in [1.82, 2.24) is 9.80 Å². The molecular weight excluding hydrogens is 330 g/mol. The van der Waals surface area contributed by atoms with Crippen molar-refractivity contribution in [3.63, 3.8) is 0 Å². The molecule has 0 radical (unpaired) electrons. The Morgan fingerprint density at radius 2 is 1.88 bits per heavy atom. The van der Waals surface area contributed by atoms with Gasteiger partial charge in [-0.1, -0.05) is 12.1 Å². The van der Waals surface area contributed by atoms with E-state index in [4.69, 9.17) is 4.74 Å². The molecule has 0 aliphatic carbocycles. The number of carbonyl (C=O) groups is 1. The lowest BCUT2D eigenvalue weighted by molar-refractivity contribution is -0.145. The van der Waals surface area contributed by atoms with Gasteiger partial charge >= 0.3 is 5.97 Å². The monoisotopic (exact) mass is 349 g/mol. The summed E-state index contributed by atoms with van der Waals surface area (Å²) in [6.07, 6.45) is 0.688. The Morgan fingerprint density at radius 3 is 2.54 bits per heavy atom. The first-order valence-electron chi connectivity index (χ1n) is 8.09. The molecule has 0 unspecified atom stereocenters. The predicted molar refractivity (Wildman–Crippen MR) is 87.3 cm³/mol. The summed E-state index contributed by atoms with van der Waals surface area (Å²) in [4.78, 5) is 16.3. The van der Waals surface area contributed by atoms with Gasteiger partial charge in [-0.15, -0.1) is 4.40 Å². The number of carbonyl (C=O) groups excluding carboxylic acids is 1. The number of amidine groups is 1. The van der Waals surface area contributed by atoms with Crippen molar-refractivity contribution < 1.29 is 17.9 Å². The molecule has 2 fully saturated rings. The predicted octanol–water partition coefficient (Wildman–Crippen LogP) is 0.457. The van der Waals surface area contributed by atoms with Crippen LogP contribution in [0.25, 0.3) is 0 Å². The van der Waals surface area contributed by atoms with Gasteiger partial charge in [-0.25, -0.2) is 0 Å². The van der Waals surface area contributed by atoms with Gasteiger partial charge < -0.3 is 9.64 Å². The molecule has 24 heavy (non-hydrogen) atoms. The number of piperazine rings is 1. The normalized spacial score (nSPS) is 29.3. The second kappa shape index (κ2) is 5.56. The third kappa shape index (κ3) is 2.50. The Labute approximate surface area is 141 Å². The van der Waals surface area contributed by atoms with Gasteiger partial charge in [0.25, 0.3) is 10.0 Å². The first-order chi connectivity index (χ1) is 11.5. The zero-order valence-electron chi connectivity index (χ0n) is 13.4. The second-order valence-corrected chi connectivity index (χ2v) is 7.98. The third-order valence-electron chi connectivity index (χ3n) is 4.81. The summed E-state index contributed by atoms with van der Waals surface area (Å²) < 4.78 is 33.5. The fraction of sp³-hybridized carbons (Fsp3) is 0.500. The molecule has 0 saturated carbocycles. The minimum Gasteiger partial charge on any atom is -0.461 e. The fourth-order valence-corrected chi connectivity index (χ4v) is 4.82. The average molecular weight is 349 g/mol. The summed E-state index contributed by atoms with van der Waals surface area (Å²) in [5.74, 6) is 0.370. The van der Waals surface area contributed by atoms with E-state index in [1.807, 2.05) is 17.9 Å². The van der Waals surface area contributed by atoms with Crippen molar-refractivity contribution in [1.29, 1.82) is 0 Å². The van der Waals surface area contributed by atoms with Crippen LogP contribution >= 0.6 is 0 Å². The summed E-state index contributed by atoms with van der Waals surface area (Å²) in [7, 11) is -3.59. The number of fused-ring (bicyclic) bond motifs is 1. The molecule has 1 aromatic rings. The van der Waals surface area contributed by atoms with E-state index in [1.54, 1.807) is 18.2 Å². The van der Waals surface area contributed by atoms with Crippen LogP contribution in [0.2, 0.25) is 0 Å². The molecule has 3 aliphatic rings. The maximum absolute atomic E-state index is 12.2. The molecule has 3 heterocycles. The van der Waals surface area contributed by atoms with Crippen molar-refractivity contribution in [2.24, 2.45) is 4.40 Å². The number of benzene rings is 1. The molecule has 3 aliphatic heterocycles. The van der Waals surface area contributed by atoms with Gasteiger partial charge in [0.2, 0.25) is 0 Å². The van der Waals surface area contributed by atoms with Crippen LogP contribution < -0.4 is 0 Å². The number of hydrogen-bond acceptors (Lipinski definition) is 6. The first kappa shape index (κ1) is 15.6. The maximum Gasteiger partial charge on any atom is 0.323 e. The van der Waals surface area contributed by atoms with Gasteiger partial charge in [-0.3, -0.25) is 9.69 Å². The number of hydrogen-bond donors (Lipinski definition) is 0. The third-order valence-corrected chi connectivity index (χ3v) is 6.14. The molecule has 2 atom stereocenters. The Balaban J connectivity index is 1.50. The largest absolute Gasteiger partial charge is 0.461 e. The number of cyclic esters (lactones) is 1. The van der Waals surface area contributed by atoms with E-state index in [9.17, 15) is 13.2 Å². The lowest BCUT2D eigenvalue weighted by Gasteiger charge is -2.37. The number of ether oxygens (including phenoxy) is 1. The highest BCUT2D eigenvalue weighted by Gasteiger charge is 2.39. The zero-order valence-corrected chi connectivity index (χ0v) is 14.2. The molecule has 0 bridgehead atoms. The van der Waals surface area contributed by atoms with E-state index < -0.39 is 10.0 Å². The number of rotatable bonds is 1. The lowest BCUT2D eigenvalue weighted by atomic mass is 10.1. The van der Waals surface area contributed by atoms with Crippen molar-refractivity contribution in [2.75, 3.05) is 26.2 Å². The second-order valence-electron chi connectivity index (χ2n) is 6.41. The quantitative estimate of drug-likeness (QED) is 0.685. The van der Waals surface area contributed by atoms with E-state index in [0.29, 0.717) is 37.6 Å². The topological polar surface area (TPSA) is 79.3 Å². The van der Waals surface area contributed by atoms with E-state index in [0.717, 1.165) is 6.42 Å². The Bertz CT molecular complexity index is 812. The summed E-state index contributed by atoms with van der Waals surface area (Å²) in [5.41, 5.74) is 0.667. The molecule has 4 rings (SSSR count). The van der Waals surface area contributed by atoms with Gasteiger partial charge in [0.15, 0.2) is 5.84 Å². The number of nitrogens with zero attached hydrogens (tertiary/aromatic N) is 3. The molecule has 1 aromatic carbocycles. The molecule has 2 saturated heterocycles. The number of sulfonamides is 1. The highest BCUT2D eigenvalue weighted by atomic mass is 32.2. The van der Waals surface area contributed by atoms with Crippen LogP contribution in [0.3, 0.4) is 0 Å². The molecule has 0 amide bonds. The van der Waals surface area contributed by atoms with Gasteiger partial charge in [0.1, 0.15) is 17.0 Å². The molecule has 8 heteroatoms. The van der Waals surface area contributed by atoms with Crippen molar-refractivity contribution >= 4 is 21.8 Å². The number of esters is 1. The highest BCUT2D eigenvalue weighted by molar-refractivity contribution is 7.90. The summed E-state index contributed by atoms with van der Waals surface area (Å²) in [6.45, 7) is 4.56. The average Bonchev–Trinajstić information content (AvgIpc) is 3.04. The van der Waals surface area contributed by atoms with Gasteiger partial charge in [0.05, 0.1) is 0 Å². The van der Waals surface area contributed by atoms with Gasteiger partial charge in [-0.2, -0.15) is 8.42 Å². The Hall–Kier alpha value is -1.93. The van der Waals surface area contributed by atoms with Crippen LogP contribution in [-0.4, -0.2) is 68.3 Å². The van der Waals surface area contributed by atoms with E-state index >= 15 is 0 Å². The molecule has 0 N–H and O–H groups in total. The van der Waals surface area contributed by atoms with Crippen LogP contribution in [0.1, 0.15) is 18.9 Å². The summed E-state index contributed by atoms with van der Waals surface area (Å²) in [6, 6.07) is 6.74. The lowest BCUT2D eigenvalue weighted by Crippen LogP contribution is -2.53. The summed E-state index contributed by atoms with van der Waals surface area (Å²) in [5, 5.41) is 0. The molecule has 0 spiro atoms. The van der Waals surface area contributed by atoms with Crippen LogP contribution in [0, 0.1) is 0 Å². The van der Waals surface area contributed by atoms with E-state index in [-0.39, 0.29) is 23.0 Å². The van der Waals surface area contributed by atoms with E-state index in [1.165, 1.54) is 0 Å². The first-order valence-corrected chi connectivity index (χ1v) is 9.53. The van der Waals surface area contributed by atoms with Gasteiger partial charge in [-0.05, 0) is 19.1 Å². The Morgan fingerprint density at radius 1 is 1.17 bits per heavy atom. The van der Waals surface area contributed by atoms with Crippen LogP contribution in [0.15, 0.2) is 33.6 Å². The van der Waals surface area contributed by atoms with Crippen LogP contribution in [0.5, 0.6) is 0 Å². The fourth-order valence-electron chi connectivity index (χ4n) is 3.60. The van der Waals surface area contributed by atoms with Crippen LogP contribution in [-0.2, 0) is 19.6 Å². The SMILES string of the molecule is C[C@@H]1C[C@H](N2CCN(C3=NS(=O)(=O)c4ccccc43)CC2)C(=O)O1. The smallest absolute Gasteiger partial charge is 0.323 e. The van der Waals surface area contributed by atoms with Gasteiger partial charge in [0, 0.05) is 38.2 Å². The maximum atomic E-state index is 12.2. The minimum absolute atomic E-state index is 0.0308. The minimum atomic E-state index is -3.59. The molecule has 0 aromatic heterocycles. The van der Waals surface area contributed by atoms with Crippen LogP contribution in [0.4, 0.5) is 0 Å². The molecule has 7 nitrogen and oxygen atoms in total. The van der Waals surface area contributed by atoms with Crippen molar-refractivity contribution in [2.45, 2.75) is 30.4 Å². The standard InChI is InChI=1S/C16H19N3O4S/c1-11-10-13(16(20)23-11)18-6-8-19(9-7-18)15-12-4-2-3-5-14(12)24(21,22)17-15/h2-5,11,13H,6-10H2,1H3/t11-,13+/m1/s1. The highest BCUT2D eigenvalue weighted by Crippen LogP contribution is 2.28. The van der Waals surface area contributed by atoms with Crippen molar-refractivity contribution in [3.8, 4) is 0 Å². The van der Waals surface area contributed by atoms with E-state index in [2.05, 4.69) is 9.30 Å². The molecule has 128 valence electrons. The zero-order chi connectivity index (χ0) is 16.9. The Kier molecular flexibility index (Phi) is 3.61. The molecular formula is C16H19N3O4S. The van der Waals surface area contributed by atoms with Crippen molar-refractivity contribution in [3.05, 3.63) is 29.8 Å². The summed E-state index contributed by atoms with van der Waals surface area (Å²) >= 11 is 0.